The summed E-state index contributed by atoms with van der Waals surface area (Å²) in [5.41, 5.74) is 4.95. The number of nitrogens with zero attached hydrogens (tertiary/aromatic N) is 2. The molecule has 0 saturated carbocycles. The number of halogens is 1. The number of anilines is 1. The van der Waals surface area contributed by atoms with Gasteiger partial charge in [0.2, 0.25) is 0 Å². The van der Waals surface area contributed by atoms with Gasteiger partial charge in [-0.1, -0.05) is 0 Å². The number of hydrogen-bond acceptors (Lipinski definition) is 5. The Balaban J connectivity index is 1.49. The molecule has 9 heteroatoms. The Hall–Kier alpha value is -3.07. The van der Waals surface area contributed by atoms with Crippen molar-refractivity contribution in [2.24, 2.45) is 0 Å². The van der Waals surface area contributed by atoms with Crippen LogP contribution in [0.25, 0.3) is 0 Å². The molecular formula is C31H34FN3O3SeSi. The van der Waals surface area contributed by atoms with Crippen LogP contribution >= 0.6 is 0 Å². The normalized spacial score (nSPS) is 19.6. The van der Waals surface area contributed by atoms with Crippen molar-refractivity contribution in [2.45, 2.75) is 49.4 Å². The van der Waals surface area contributed by atoms with Crippen molar-refractivity contribution >= 4 is 43.9 Å². The van der Waals surface area contributed by atoms with Gasteiger partial charge >= 0.3 is 242 Å². The predicted molar refractivity (Wildman–Crippen MR) is 161 cm³/mol. The van der Waals surface area contributed by atoms with Crippen molar-refractivity contribution in [1.29, 1.82) is 0 Å². The second kappa shape index (κ2) is 11.8. The molecule has 0 bridgehead atoms. The first kappa shape index (κ1) is 28.5. The van der Waals surface area contributed by atoms with Gasteiger partial charge in [-0.25, -0.2) is 0 Å². The standard InChI is InChI=1S/C31H34FN3O3SeSi/c1-31(2,3)40(24-15-9-5-10-16-24,25-17-11-6-12-18-25)37-21-22-19-27(39-23-13-7-4-8-14-23)29(38-22)35-20-26(32)28(33)34-30(35)36/h4-18,20,22,27,29H,19,21H2,1-3H3,(H2,33,34,36)/t22-,27+,29-/m0/s1. The first-order chi connectivity index (χ1) is 19.2. The van der Waals surface area contributed by atoms with Gasteiger partial charge in [0, 0.05) is 0 Å². The second-order valence-corrected chi connectivity index (χ2v) is 18.1. The molecule has 0 unspecified atom stereocenters. The molecule has 1 saturated heterocycles. The maximum atomic E-state index is 14.5. The van der Waals surface area contributed by atoms with Gasteiger partial charge in [-0.3, -0.25) is 0 Å². The summed E-state index contributed by atoms with van der Waals surface area (Å²) in [6.45, 7) is 7.06. The van der Waals surface area contributed by atoms with Crippen LogP contribution < -0.4 is 26.3 Å². The van der Waals surface area contributed by atoms with Crippen LogP contribution in [-0.4, -0.2) is 45.5 Å². The summed E-state index contributed by atoms with van der Waals surface area (Å²) in [7, 11) is -2.77. The summed E-state index contributed by atoms with van der Waals surface area (Å²) in [5.74, 6) is -1.14. The van der Waals surface area contributed by atoms with E-state index in [9.17, 15) is 9.18 Å². The zero-order valence-electron chi connectivity index (χ0n) is 22.9. The molecule has 1 aliphatic heterocycles. The predicted octanol–water partition coefficient (Wildman–Crippen LogP) is 3.65. The van der Waals surface area contributed by atoms with Gasteiger partial charge in [0.1, 0.15) is 0 Å². The average molecular weight is 623 g/mol. The van der Waals surface area contributed by atoms with Crippen LogP contribution in [0.15, 0.2) is 102 Å². The maximum absolute atomic E-state index is 14.5. The molecule has 40 heavy (non-hydrogen) atoms. The molecule has 4 aromatic rings. The van der Waals surface area contributed by atoms with Crippen molar-refractivity contribution in [3.8, 4) is 0 Å². The molecule has 1 aliphatic rings. The molecule has 1 aromatic heterocycles. The van der Waals surface area contributed by atoms with Gasteiger partial charge in [0.15, 0.2) is 0 Å². The molecule has 0 amide bonds. The van der Waals surface area contributed by atoms with Crippen molar-refractivity contribution < 1.29 is 13.6 Å². The van der Waals surface area contributed by atoms with E-state index in [1.54, 1.807) is 0 Å². The fourth-order valence-corrected chi connectivity index (χ4v) is 12.8. The Morgan fingerprint density at radius 1 is 1.00 bits per heavy atom. The number of rotatable bonds is 8. The molecule has 1 fully saturated rings. The molecule has 2 N–H and O–H groups in total. The third kappa shape index (κ3) is 5.71. The summed E-state index contributed by atoms with van der Waals surface area (Å²) in [6, 6.07) is 31.1. The van der Waals surface area contributed by atoms with Crippen LogP contribution in [0.2, 0.25) is 9.85 Å². The third-order valence-electron chi connectivity index (χ3n) is 7.29. The van der Waals surface area contributed by atoms with Gasteiger partial charge in [-0.15, -0.1) is 0 Å². The van der Waals surface area contributed by atoms with Crippen LogP contribution in [-0.2, 0) is 9.16 Å². The Kier molecular flexibility index (Phi) is 8.40. The van der Waals surface area contributed by atoms with Gasteiger partial charge in [0.05, 0.1) is 0 Å². The number of ether oxygens (including phenoxy) is 1. The van der Waals surface area contributed by atoms with Crippen LogP contribution in [0.3, 0.4) is 0 Å². The monoisotopic (exact) mass is 623 g/mol. The summed E-state index contributed by atoms with van der Waals surface area (Å²) < 4.78 is 30.5. The zero-order chi connectivity index (χ0) is 28.3. The molecule has 5 rings (SSSR count). The Bertz CT molecular complexity index is 1440. The number of hydrogen-bond donors (Lipinski definition) is 1. The summed E-state index contributed by atoms with van der Waals surface area (Å²) in [6.07, 6.45) is 0.850. The van der Waals surface area contributed by atoms with E-state index in [2.05, 4.69) is 86.4 Å². The first-order valence-electron chi connectivity index (χ1n) is 13.4. The molecule has 0 aliphatic carbocycles. The van der Waals surface area contributed by atoms with Crippen LogP contribution in [0.5, 0.6) is 0 Å². The van der Waals surface area contributed by atoms with E-state index in [1.165, 1.54) is 19.4 Å². The Morgan fingerprint density at radius 2 is 1.55 bits per heavy atom. The summed E-state index contributed by atoms with van der Waals surface area (Å²) in [4.78, 5) is 16.5. The van der Waals surface area contributed by atoms with Gasteiger partial charge < -0.3 is 0 Å². The van der Waals surface area contributed by atoms with Gasteiger partial charge in [0.25, 0.3) is 0 Å². The van der Waals surface area contributed by atoms with Crippen molar-refractivity contribution in [2.75, 3.05) is 12.3 Å². The quantitative estimate of drug-likeness (QED) is 0.304. The van der Waals surface area contributed by atoms with E-state index in [0.29, 0.717) is 13.0 Å². The molecule has 208 valence electrons. The second-order valence-electron chi connectivity index (χ2n) is 11.0. The Labute approximate surface area is 241 Å². The number of benzene rings is 3. The molecule has 0 radical (unpaired) electrons. The number of aromatic nitrogens is 2. The van der Waals surface area contributed by atoms with Crippen LogP contribution in [0, 0.1) is 5.82 Å². The van der Waals surface area contributed by atoms with Crippen molar-refractivity contribution in [1.82, 2.24) is 9.55 Å². The Morgan fingerprint density at radius 3 is 2.10 bits per heavy atom. The van der Waals surface area contributed by atoms with E-state index in [1.807, 2.05) is 30.3 Å². The molecule has 6 nitrogen and oxygen atoms in total. The molecule has 3 aromatic carbocycles. The molecular weight excluding hydrogens is 588 g/mol. The summed E-state index contributed by atoms with van der Waals surface area (Å²) in [5, 5.41) is 2.20. The minimum absolute atomic E-state index is 0.0230. The molecule has 0 spiro atoms. The fourth-order valence-electron chi connectivity index (χ4n) is 5.47. The summed E-state index contributed by atoms with van der Waals surface area (Å²) >= 11 is -0.0324. The van der Waals surface area contributed by atoms with Crippen molar-refractivity contribution in [3.05, 3.63) is 113 Å². The average Bonchev–Trinajstić information content (AvgIpc) is 3.34. The molecule has 2 heterocycles. The third-order valence-corrected chi connectivity index (χ3v) is 15.0. The van der Waals surface area contributed by atoms with Gasteiger partial charge in [-0.2, -0.15) is 0 Å². The van der Waals surface area contributed by atoms with Crippen LogP contribution in [0.4, 0.5) is 10.2 Å². The van der Waals surface area contributed by atoms with E-state index in [-0.39, 0.29) is 30.9 Å². The van der Waals surface area contributed by atoms with E-state index < -0.39 is 31.9 Å². The topological polar surface area (TPSA) is 79.4 Å². The van der Waals surface area contributed by atoms with Gasteiger partial charge in [-0.05, 0) is 0 Å². The molecule has 3 atom stereocenters. The first-order valence-corrected chi connectivity index (χ1v) is 17.1. The number of nitrogens with two attached hydrogens (primary N) is 1. The van der Waals surface area contributed by atoms with E-state index in [4.69, 9.17) is 14.9 Å². The van der Waals surface area contributed by atoms with Crippen molar-refractivity contribution in [3.63, 3.8) is 0 Å². The SMILES string of the molecule is CC(C)(C)[Si](OC[C@@H]1C[C@@H]([Se]c2ccccc2)[C@@H](n2cc(F)c(N)nc2=O)O1)(c1ccccc1)c1ccccc1. The van der Waals surface area contributed by atoms with E-state index >= 15 is 0 Å². The van der Waals surface area contributed by atoms with E-state index in [0.717, 1.165) is 6.20 Å². The van der Waals surface area contributed by atoms with Crippen LogP contribution in [0.1, 0.15) is 33.4 Å². The minimum atomic E-state index is -2.77. The number of nitrogen functional groups attached to an aromatic ring is 1. The zero-order valence-corrected chi connectivity index (χ0v) is 25.6. The fraction of sp³-hybridized carbons (Fsp3) is 0.290.